The summed E-state index contributed by atoms with van der Waals surface area (Å²) in [6.45, 7) is 1.62. The molecule has 2 N–H and O–H groups in total. The van der Waals surface area contributed by atoms with Crippen LogP contribution in [0.4, 0.5) is 0 Å². The van der Waals surface area contributed by atoms with Crippen molar-refractivity contribution in [3.63, 3.8) is 0 Å². The van der Waals surface area contributed by atoms with E-state index in [1.807, 2.05) is 0 Å². The molecule has 2 rings (SSSR count). The molecule has 1 aliphatic rings. The van der Waals surface area contributed by atoms with E-state index in [1.165, 1.54) is 11.1 Å². The van der Waals surface area contributed by atoms with Crippen molar-refractivity contribution < 1.29 is 10.2 Å². The first kappa shape index (κ1) is 11.6. The molecule has 0 spiro atoms. The van der Waals surface area contributed by atoms with Gasteiger partial charge in [0.25, 0.3) is 0 Å². The Morgan fingerprint density at radius 3 is 1.94 bits per heavy atom. The molecule has 0 aliphatic heterocycles. The first-order chi connectivity index (χ1) is 7.85. The number of hydrogen-bond donors (Lipinski definition) is 2. The molecule has 3 heteroatoms. The van der Waals surface area contributed by atoms with E-state index in [1.54, 1.807) is 0 Å². The zero-order valence-electron chi connectivity index (χ0n) is 9.47. The molecule has 1 aromatic carbocycles. The second-order valence-electron chi connectivity index (χ2n) is 4.31. The molecule has 1 aliphatic carbocycles. The van der Waals surface area contributed by atoms with E-state index in [-0.39, 0.29) is 13.2 Å². The highest BCUT2D eigenvalue weighted by molar-refractivity contribution is 5.33. The van der Waals surface area contributed by atoms with Crippen LogP contribution in [0.3, 0.4) is 0 Å². The maximum Gasteiger partial charge on any atom is 0.0558 e. The third-order valence-corrected chi connectivity index (χ3v) is 3.32. The predicted molar refractivity (Wildman–Crippen MR) is 63.4 cm³/mol. The summed E-state index contributed by atoms with van der Waals surface area (Å²) in [7, 11) is 0. The van der Waals surface area contributed by atoms with Crippen molar-refractivity contribution in [1.82, 2.24) is 4.90 Å². The molecule has 0 amide bonds. The summed E-state index contributed by atoms with van der Waals surface area (Å²) < 4.78 is 0. The van der Waals surface area contributed by atoms with Gasteiger partial charge in [0.15, 0.2) is 0 Å². The summed E-state index contributed by atoms with van der Waals surface area (Å²) in [5.41, 5.74) is 2.82. The lowest BCUT2D eigenvalue weighted by molar-refractivity contribution is 0.125. The monoisotopic (exact) mass is 221 g/mol. The van der Waals surface area contributed by atoms with Crippen molar-refractivity contribution in [2.45, 2.75) is 18.9 Å². The summed E-state index contributed by atoms with van der Waals surface area (Å²) >= 11 is 0. The van der Waals surface area contributed by atoms with Gasteiger partial charge >= 0.3 is 0 Å². The van der Waals surface area contributed by atoms with E-state index in [4.69, 9.17) is 10.2 Å². The van der Waals surface area contributed by atoms with Gasteiger partial charge in [0.05, 0.1) is 13.2 Å². The number of fused-ring (bicyclic) bond motifs is 1. The molecular weight excluding hydrogens is 202 g/mol. The third kappa shape index (κ3) is 2.43. The van der Waals surface area contributed by atoms with Crippen LogP contribution in [0.2, 0.25) is 0 Å². The topological polar surface area (TPSA) is 43.7 Å². The Bertz CT molecular complexity index is 309. The van der Waals surface area contributed by atoms with Gasteiger partial charge in [-0.25, -0.2) is 0 Å². The molecule has 0 saturated heterocycles. The van der Waals surface area contributed by atoms with E-state index < -0.39 is 0 Å². The van der Waals surface area contributed by atoms with Gasteiger partial charge in [0.2, 0.25) is 0 Å². The highest BCUT2D eigenvalue weighted by Crippen LogP contribution is 2.24. The van der Waals surface area contributed by atoms with Crippen molar-refractivity contribution in [3.8, 4) is 0 Å². The normalized spacial score (nSPS) is 15.7. The Morgan fingerprint density at radius 2 is 1.50 bits per heavy atom. The van der Waals surface area contributed by atoms with Crippen LogP contribution in [-0.2, 0) is 12.8 Å². The lowest BCUT2D eigenvalue weighted by atomic mass is 10.1. The van der Waals surface area contributed by atoms with Crippen molar-refractivity contribution >= 4 is 0 Å². The van der Waals surface area contributed by atoms with Crippen LogP contribution in [0.15, 0.2) is 24.3 Å². The number of nitrogens with zero attached hydrogens (tertiary/aromatic N) is 1. The zero-order chi connectivity index (χ0) is 11.4. The minimum absolute atomic E-state index is 0.160. The van der Waals surface area contributed by atoms with Crippen molar-refractivity contribution in [2.24, 2.45) is 0 Å². The summed E-state index contributed by atoms with van der Waals surface area (Å²) in [6.07, 6.45) is 2.08. The predicted octanol–water partition coefficient (Wildman–Crippen LogP) is 0.440. The van der Waals surface area contributed by atoms with Crippen LogP contribution in [0, 0.1) is 0 Å². The van der Waals surface area contributed by atoms with Crippen molar-refractivity contribution in [1.29, 1.82) is 0 Å². The Balaban J connectivity index is 2.02. The molecule has 0 radical (unpaired) electrons. The van der Waals surface area contributed by atoms with E-state index in [2.05, 4.69) is 29.2 Å². The smallest absolute Gasteiger partial charge is 0.0558 e. The number of benzene rings is 1. The minimum atomic E-state index is 0.160. The molecule has 0 fully saturated rings. The number of aliphatic hydroxyl groups is 2. The van der Waals surface area contributed by atoms with Crippen LogP contribution in [0.5, 0.6) is 0 Å². The summed E-state index contributed by atoms with van der Waals surface area (Å²) in [5.74, 6) is 0. The Kier molecular flexibility index (Phi) is 3.93. The Labute approximate surface area is 96.3 Å². The number of rotatable bonds is 5. The summed E-state index contributed by atoms with van der Waals surface area (Å²) in [5, 5.41) is 18.0. The number of hydrogen-bond acceptors (Lipinski definition) is 3. The summed E-state index contributed by atoms with van der Waals surface area (Å²) in [4.78, 5) is 2.18. The molecule has 1 aromatic rings. The maximum atomic E-state index is 9.02. The Morgan fingerprint density at radius 1 is 1.00 bits per heavy atom. The van der Waals surface area contributed by atoms with Crippen LogP contribution in [0.1, 0.15) is 11.1 Å². The second kappa shape index (κ2) is 5.43. The maximum absolute atomic E-state index is 9.02. The molecule has 0 saturated carbocycles. The molecule has 0 aromatic heterocycles. The average Bonchev–Trinajstić information content (AvgIpc) is 2.72. The average molecular weight is 221 g/mol. The van der Waals surface area contributed by atoms with Crippen molar-refractivity contribution in [3.05, 3.63) is 35.4 Å². The van der Waals surface area contributed by atoms with Gasteiger partial charge in [-0.15, -0.1) is 0 Å². The van der Waals surface area contributed by atoms with E-state index in [0.717, 1.165) is 12.8 Å². The molecule has 0 bridgehead atoms. The SMILES string of the molecule is OCCN(CCO)C1Cc2ccccc2C1. The van der Waals surface area contributed by atoms with Gasteiger partial charge in [0.1, 0.15) is 0 Å². The molecule has 16 heavy (non-hydrogen) atoms. The quantitative estimate of drug-likeness (QED) is 0.758. The number of aliphatic hydroxyl groups excluding tert-OH is 2. The Hall–Kier alpha value is -0.900. The summed E-state index contributed by atoms with van der Waals surface area (Å²) in [6, 6.07) is 8.93. The highest BCUT2D eigenvalue weighted by Gasteiger charge is 2.25. The van der Waals surface area contributed by atoms with E-state index in [9.17, 15) is 0 Å². The van der Waals surface area contributed by atoms with Gasteiger partial charge < -0.3 is 10.2 Å². The molecular formula is C13H19NO2. The third-order valence-electron chi connectivity index (χ3n) is 3.32. The lowest BCUT2D eigenvalue weighted by Crippen LogP contribution is -2.39. The van der Waals surface area contributed by atoms with Gasteiger partial charge in [-0.3, -0.25) is 4.90 Å². The van der Waals surface area contributed by atoms with Crippen LogP contribution in [-0.4, -0.2) is 47.5 Å². The van der Waals surface area contributed by atoms with Crippen LogP contribution < -0.4 is 0 Å². The minimum Gasteiger partial charge on any atom is -0.395 e. The van der Waals surface area contributed by atoms with E-state index in [0.29, 0.717) is 19.1 Å². The van der Waals surface area contributed by atoms with Crippen LogP contribution in [0.25, 0.3) is 0 Å². The molecule has 0 unspecified atom stereocenters. The lowest BCUT2D eigenvalue weighted by Gasteiger charge is -2.27. The van der Waals surface area contributed by atoms with Crippen molar-refractivity contribution in [2.75, 3.05) is 26.3 Å². The van der Waals surface area contributed by atoms with E-state index >= 15 is 0 Å². The van der Waals surface area contributed by atoms with Gasteiger partial charge in [0, 0.05) is 19.1 Å². The fraction of sp³-hybridized carbons (Fsp3) is 0.538. The first-order valence-corrected chi connectivity index (χ1v) is 5.87. The first-order valence-electron chi connectivity index (χ1n) is 5.87. The fourth-order valence-electron chi connectivity index (χ4n) is 2.53. The van der Waals surface area contributed by atoms with Crippen LogP contribution >= 0.6 is 0 Å². The molecule has 88 valence electrons. The molecule has 0 heterocycles. The van der Waals surface area contributed by atoms with Gasteiger partial charge in [-0.1, -0.05) is 24.3 Å². The fourth-order valence-corrected chi connectivity index (χ4v) is 2.53. The molecule has 3 nitrogen and oxygen atoms in total. The highest BCUT2D eigenvalue weighted by atomic mass is 16.3. The largest absolute Gasteiger partial charge is 0.395 e. The standard InChI is InChI=1S/C13H19NO2/c15-7-5-14(6-8-16)13-9-11-3-1-2-4-12(11)10-13/h1-4,13,15-16H,5-10H2. The second-order valence-corrected chi connectivity index (χ2v) is 4.31. The zero-order valence-corrected chi connectivity index (χ0v) is 9.47. The molecule has 0 atom stereocenters. The van der Waals surface area contributed by atoms with Gasteiger partial charge in [-0.2, -0.15) is 0 Å². The van der Waals surface area contributed by atoms with Gasteiger partial charge in [-0.05, 0) is 24.0 Å².